The van der Waals surface area contributed by atoms with Crippen LogP contribution in [0.15, 0.2) is 60.8 Å². The molecule has 34 heavy (non-hydrogen) atoms. The first kappa shape index (κ1) is 23.2. The number of ether oxygens (including phenoxy) is 1. The Morgan fingerprint density at radius 3 is 2.24 bits per heavy atom. The molecule has 0 bridgehead atoms. The van der Waals surface area contributed by atoms with Crippen molar-refractivity contribution in [2.75, 3.05) is 0 Å². The molecule has 1 heterocycles. The maximum Gasteiger partial charge on any atom is 0.458 e. The summed E-state index contributed by atoms with van der Waals surface area (Å²) >= 11 is 0. The second kappa shape index (κ2) is 9.10. The fraction of sp³-hybridized carbons (Fsp3) is 0.115. The van der Waals surface area contributed by atoms with E-state index < -0.39 is 34.6 Å². The highest BCUT2D eigenvalue weighted by Gasteiger charge is 2.24. The molecule has 2 nitrogen and oxygen atoms in total. The number of aryl methyl sites for hydroxylation is 1. The van der Waals surface area contributed by atoms with Crippen molar-refractivity contribution in [1.82, 2.24) is 4.98 Å². The van der Waals surface area contributed by atoms with Crippen molar-refractivity contribution in [3.8, 4) is 28.7 Å². The van der Waals surface area contributed by atoms with Crippen molar-refractivity contribution in [1.29, 1.82) is 0 Å². The first-order valence-electron chi connectivity index (χ1n) is 9.96. The molecule has 1 aromatic heterocycles. The van der Waals surface area contributed by atoms with Crippen LogP contribution in [0.25, 0.3) is 21.9 Å². The summed E-state index contributed by atoms with van der Waals surface area (Å²) in [5, 5.41) is -0.897. The predicted octanol–water partition coefficient (Wildman–Crippen LogP) is 7.12. The summed E-state index contributed by atoms with van der Waals surface area (Å²) in [4.78, 5) is 4.31. The molecule has 0 aliphatic carbocycles. The van der Waals surface area contributed by atoms with Gasteiger partial charge in [0.1, 0.15) is 24.0 Å². The van der Waals surface area contributed by atoms with E-state index in [1.54, 1.807) is 12.3 Å². The number of alkyl halides is 3. The topological polar surface area (TPSA) is 22.1 Å². The van der Waals surface area contributed by atoms with Gasteiger partial charge in [0.2, 0.25) is 0 Å². The Balaban J connectivity index is 1.56. The number of fused-ring (bicyclic) bond motifs is 1. The average molecular weight is 471 g/mol. The van der Waals surface area contributed by atoms with Crippen LogP contribution in [0.3, 0.4) is 0 Å². The van der Waals surface area contributed by atoms with E-state index in [2.05, 4.69) is 4.98 Å². The van der Waals surface area contributed by atoms with E-state index in [1.807, 2.05) is 37.3 Å². The molecule has 0 spiro atoms. The largest absolute Gasteiger partial charge is 0.487 e. The normalized spacial score (nSPS) is 11.3. The lowest BCUT2D eigenvalue weighted by molar-refractivity contribution is -0.0696. The van der Waals surface area contributed by atoms with Crippen molar-refractivity contribution in [2.45, 2.75) is 19.7 Å². The second-order valence-corrected chi connectivity index (χ2v) is 7.49. The van der Waals surface area contributed by atoms with Crippen molar-refractivity contribution in [3.05, 3.63) is 95.1 Å². The molecule has 4 rings (SSSR count). The van der Waals surface area contributed by atoms with Crippen LogP contribution in [-0.4, -0.2) is 11.2 Å². The quantitative estimate of drug-likeness (QED) is 0.234. The average Bonchev–Trinajstić information content (AvgIpc) is 2.77. The standard InChI is InChI=1S/C26H15F6NO/c1-15-2-4-16(5-3-15)17-6-7-19(33-13-17)14-34-20-10-18-11-22(27)21(8-9-26(30,31)32)25(29)24(18)23(28)12-20/h2-7,10-13H,14H2,1H3. The zero-order valence-electron chi connectivity index (χ0n) is 17.6. The molecule has 0 aliphatic rings. The van der Waals surface area contributed by atoms with Gasteiger partial charge in [-0.2, -0.15) is 13.2 Å². The van der Waals surface area contributed by atoms with Gasteiger partial charge in [-0.3, -0.25) is 4.98 Å². The van der Waals surface area contributed by atoms with Gasteiger partial charge >= 0.3 is 6.18 Å². The molecule has 0 aliphatic heterocycles. The maximum absolute atomic E-state index is 14.6. The van der Waals surface area contributed by atoms with Crippen LogP contribution in [0.5, 0.6) is 5.75 Å². The van der Waals surface area contributed by atoms with Gasteiger partial charge in [0, 0.05) is 23.7 Å². The summed E-state index contributed by atoms with van der Waals surface area (Å²) < 4.78 is 85.7. The van der Waals surface area contributed by atoms with Crippen molar-refractivity contribution in [3.63, 3.8) is 0 Å². The fourth-order valence-electron chi connectivity index (χ4n) is 3.30. The molecule has 3 aromatic carbocycles. The summed E-state index contributed by atoms with van der Waals surface area (Å²) in [5.74, 6) is -1.82. The molecule has 0 fully saturated rings. The SMILES string of the molecule is Cc1ccc(-c2ccc(COc3cc(F)c4c(F)c(C#CC(F)(F)F)c(F)cc4c3)nc2)cc1. The molecule has 0 unspecified atom stereocenters. The maximum atomic E-state index is 14.6. The number of halogens is 6. The summed E-state index contributed by atoms with van der Waals surface area (Å²) in [6.45, 7) is 1.95. The summed E-state index contributed by atoms with van der Waals surface area (Å²) in [5.41, 5.74) is 2.40. The lowest BCUT2D eigenvalue weighted by atomic mass is 10.0. The Bertz CT molecular complexity index is 1420. The Hall–Kier alpha value is -3.99. The first-order chi connectivity index (χ1) is 16.1. The number of benzene rings is 3. The molecule has 0 radical (unpaired) electrons. The Morgan fingerprint density at radius 2 is 1.59 bits per heavy atom. The molecule has 172 valence electrons. The third-order valence-electron chi connectivity index (χ3n) is 4.98. The van der Waals surface area contributed by atoms with Gasteiger partial charge in [-0.05, 0) is 36.1 Å². The highest BCUT2D eigenvalue weighted by atomic mass is 19.4. The van der Waals surface area contributed by atoms with Crippen LogP contribution in [0, 0.1) is 36.2 Å². The number of nitrogens with zero attached hydrogens (tertiary/aromatic N) is 1. The molecule has 0 amide bonds. The minimum Gasteiger partial charge on any atom is -0.487 e. The molecule has 0 saturated carbocycles. The number of hydrogen-bond acceptors (Lipinski definition) is 2. The lowest BCUT2D eigenvalue weighted by Gasteiger charge is -2.10. The fourth-order valence-corrected chi connectivity index (χ4v) is 3.30. The lowest BCUT2D eigenvalue weighted by Crippen LogP contribution is -2.03. The van der Waals surface area contributed by atoms with E-state index in [9.17, 15) is 26.3 Å². The molecule has 0 saturated heterocycles. The first-order valence-corrected chi connectivity index (χ1v) is 9.96. The monoisotopic (exact) mass is 471 g/mol. The number of pyridine rings is 1. The van der Waals surface area contributed by atoms with E-state index >= 15 is 0 Å². The Kier molecular flexibility index (Phi) is 6.20. The van der Waals surface area contributed by atoms with Crippen LogP contribution in [-0.2, 0) is 6.61 Å². The smallest absolute Gasteiger partial charge is 0.458 e. The van der Waals surface area contributed by atoms with Gasteiger partial charge in [0.25, 0.3) is 0 Å². The van der Waals surface area contributed by atoms with E-state index in [-0.39, 0.29) is 17.7 Å². The van der Waals surface area contributed by atoms with Crippen molar-refractivity contribution >= 4 is 10.8 Å². The Morgan fingerprint density at radius 1 is 0.882 bits per heavy atom. The predicted molar refractivity (Wildman–Crippen MR) is 115 cm³/mol. The number of hydrogen-bond donors (Lipinski definition) is 0. The van der Waals surface area contributed by atoms with E-state index in [1.165, 1.54) is 12.0 Å². The Labute approximate surface area is 190 Å². The van der Waals surface area contributed by atoms with Crippen LogP contribution >= 0.6 is 0 Å². The van der Waals surface area contributed by atoms with E-state index in [4.69, 9.17) is 4.74 Å². The summed E-state index contributed by atoms with van der Waals surface area (Å²) in [6.07, 6.45) is -3.28. The van der Waals surface area contributed by atoms with Gasteiger partial charge in [-0.25, -0.2) is 13.2 Å². The molecule has 8 heteroatoms. The third kappa shape index (κ3) is 5.15. The zero-order valence-corrected chi connectivity index (χ0v) is 17.6. The molecule has 4 aromatic rings. The molecule has 0 atom stereocenters. The van der Waals surface area contributed by atoms with Crippen molar-refractivity contribution in [2.24, 2.45) is 0 Å². The second-order valence-electron chi connectivity index (χ2n) is 7.49. The van der Waals surface area contributed by atoms with Gasteiger partial charge in [0.15, 0.2) is 5.82 Å². The summed E-state index contributed by atoms with van der Waals surface area (Å²) in [6, 6.07) is 14.3. The minimum atomic E-state index is -4.95. The van der Waals surface area contributed by atoms with Gasteiger partial charge in [-0.1, -0.05) is 41.8 Å². The third-order valence-corrected chi connectivity index (χ3v) is 4.98. The highest BCUT2D eigenvalue weighted by molar-refractivity contribution is 5.87. The summed E-state index contributed by atoms with van der Waals surface area (Å²) in [7, 11) is 0. The number of rotatable bonds is 4. The molecular weight excluding hydrogens is 456 g/mol. The van der Waals surface area contributed by atoms with Gasteiger partial charge in [-0.15, -0.1) is 0 Å². The van der Waals surface area contributed by atoms with Gasteiger partial charge in [0.05, 0.1) is 16.6 Å². The van der Waals surface area contributed by atoms with Gasteiger partial charge < -0.3 is 4.74 Å². The van der Waals surface area contributed by atoms with Crippen LogP contribution in [0.1, 0.15) is 16.8 Å². The molecule has 0 N–H and O–H groups in total. The van der Waals surface area contributed by atoms with Crippen LogP contribution in [0.2, 0.25) is 0 Å². The van der Waals surface area contributed by atoms with E-state index in [0.717, 1.165) is 28.7 Å². The van der Waals surface area contributed by atoms with E-state index in [0.29, 0.717) is 11.8 Å². The van der Waals surface area contributed by atoms with Crippen LogP contribution in [0.4, 0.5) is 26.3 Å². The highest BCUT2D eigenvalue weighted by Crippen LogP contribution is 2.30. The number of aromatic nitrogens is 1. The van der Waals surface area contributed by atoms with Crippen LogP contribution < -0.4 is 4.74 Å². The van der Waals surface area contributed by atoms with Crippen molar-refractivity contribution < 1.29 is 31.1 Å². The zero-order chi connectivity index (χ0) is 24.5. The minimum absolute atomic E-state index is 0.0256. The molecular formula is C26H15F6NO.